The molecule has 8 nitrogen and oxygen atoms in total. The van der Waals surface area contributed by atoms with Crippen molar-refractivity contribution in [2.45, 2.75) is 11.8 Å². The number of amides is 1. The van der Waals surface area contributed by atoms with Crippen LogP contribution in [0.15, 0.2) is 41.3 Å². The highest BCUT2D eigenvalue weighted by Crippen LogP contribution is 2.35. The summed E-state index contributed by atoms with van der Waals surface area (Å²) in [5, 5.41) is 10.3. The van der Waals surface area contributed by atoms with E-state index in [0.29, 0.717) is 6.07 Å². The van der Waals surface area contributed by atoms with E-state index in [1.54, 1.807) is 5.32 Å². The number of rotatable bonds is 4. The molecule has 1 saturated heterocycles. The molecule has 0 radical (unpaired) electrons. The van der Waals surface area contributed by atoms with E-state index < -0.39 is 81.8 Å². The van der Waals surface area contributed by atoms with E-state index in [9.17, 15) is 41.4 Å². The van der Waals surface area contributed by atoms with Gasteiger partial charge in [0.15, 0.2) is 5.82 Å². The second-order valence-corrected chi connectivity index (χ2v) is 7.90. The molecule has 1 aliphatic rings. The average molecular weight is 500 g/mol. The molecule has 0 unspecified atom stereocenters. The molecule has 0 aliphatic carbocycles. The Hall–Kier alpha value is -4.07. The number of alkyl halides is 3. The van der Waals surface area contributed by atoms with Crippen LogP contribution in [0.25, 0.3) is 16.6 Å². The third-order valence-electron chi connectivity index (χ3n) is 5.37. The third-order valence-corrected chi connectivity index (χ3v) is 5.37. The van der Waals surface area contributed by atoms with Gasteiger partial charge in [-0.05, 0) is 30.3 Å². The van der Waals surface area contributed by atoms with Crippen LogP contribution in [0.2, 0.25) is 0 Å². The molecule has 4 rings (SSSR count). The maximum atomic E-state index is 15.7. The highest BCUT2D eigenvalue weighted by molar-refractivity contribution is 5.94. The lowest BCUT2D eigenvalue weighted by atomic mass is 9.98. The van der Waals surface area contributed by atoms with Gasteiger partial charge in [0.25, 0.3) is 0 Å². The molecule has 0 atom stereocenters. The second kappa shape index (κ2) is 8.01. The van der Waals surface area contributed by atoms with Crippen LogP contribution in [0.4, 0.5) is 32.0 Å². The zero-order chi connectivity index (χ0) is 25.9. The first-order chi connectivity index (χ1) is 16.2. The molecular weight excluding hydrogens is 486 g/mol. The fraction of sp³-hybridized carbons (Fsp3) is 0.190. The van der Waals surface area contributed by atoms with Crippen molar-refractivity contribution in [2.24, 2.45) is 5.73 Å². The first-order valence-corrected chi connectivity index (χ1v) is 9.71. The number of anilines is 1. The molecule has 2 heterocycles. The molecule has 1 amide bonds. The molecule has 184 valence electrons. The van der Waals surface area contributed by atoms with Crippen molar-refractivity contribution in [1.82, 2.24) is 9.88 Å². The van der Waals surface area contributed by atoms with Gasteiger partial charge in [0.05, 0.1) is 24.0 Å². The summed E-state index contributed by atoms with van der Waals surface area (Å²) in [5.74, 6) is -7.32. The predicted octanol–water partition coefficient (Wildman–Crippen LogP) is 2.26. The van der Waals surface area contributed by atoms with E-state index in [2.05, 4.69) is 0 Å². The van der Waals surface area contributed by atoms with Crippen LogP contribution >= 0.6 is 0 Å². The van der Waals surface area contributed by atoms with Gasteiger partial charge in [0, 0.05) is 11.9 Å². The minimum Gasteiger partial charge on any atom is -0.477 e. The number of carboxylic acids is 1. The van der Waals surface area contributed by atoms with Crippen LogP contribution < -0.4 is 21.4 Å². The molecule has 4 N–H and O–H groups in total. The number of benzene rings is 2. The molecule has 35 heavy (non-hydrogen) atoms. The lowest BCUT2D eigenvalue weighted by Gasteiger charge is -2.49. The van der Waals surface area contributed by atoms with Gasteiger partial charge >= 0.3 is 18.1 Å². The van der Waals surface area contributed by atoms with Gasteiger partial charge in [-0.3, -0.25) is 9.59 Å². The highest BCUT2D eigenvalue weighted by Gasteiger charge is 2.48. The summed E-state index contributed by atoms with van der Waals surface area (Å²) in [7, 11) is 0. The van der Waals surface area contributed by atoms with E-state index >= 15 is 4.39 Å². The first-order valence-electron chi connectivity index (χ1n) is 9.71. The van der Waals surface area contributed by atoms with Gasteiger partial charge in [-0.15, -0.1) is 0 Å². The molecule has 0 bridgehead atoms. The molecule has 14 heteroatoms. The van der Waals surface area contributed by atoms with Crippen molar-refractivity contribution in [3.05, 3.63) is 69.8 Å². The number of hydrogen-bond acceptors (Lipinski definition) is 5. The van der Waals surface area contributed by atoms with E-state index in [1.807, 2.05) is 0 Å². The lowest BCUT2D eigenvalue weighted by molar-refractivity contribution is -0.176. The minimum atomic E-state index is -5.22. The molecule has 1 aromatic heterocycles. The molecule has 0 saturated carbocycles. The number of nitrogens with zero attached hydrogens (tertiary/aromatic N) is 2. The zero-order valence-electron chi connectivity index (χ0n) is 17.3. The number of nitrogens with two attached hydrogens (primary N) is 1. The Bertz CT molecular complexity index is 1430. The Labute approximate surface area is 191 Å². The Morgan fingerprint density at radius 1 is 1.09 bits per heavy atom. The van der Waals surface area contributed by atoms with E-state index in [0.717, 1.165) is 39.9 Å². The standard InChI is InChI=1S/C21H14F6N4O4/c22-9-1-3-10(4-2-9)31-6-12(18(33)34)17(32)11-5-13(23)16(14(24)15(11)31)30-7-20(28,8-30)29-19(35)21(25,26)27/h1-6H,7-8,28H2,(H,29,35)(H,33,34). The summed E-state index contributed by atoms with van der Waals surface area (Å²) in [4.78, 5) is 36.2. The molecule has 1 fully saturated rings. The molecule has 0 spiro atoms. The number of fused-ring (bicyclic) bond motifs is 1. The number of aromatic carboxylic acids is 1. The van der Waals surface area contributed by atoms with Crippen molar-refractivity contribution in [3.63, 3.8) is 0 Å². The van der Waals surface area contributed by atoms with Gasteiger partial charge in [-0.2, -0.15) is 13.2 Å². The number of nitrogens with one attached hydrogen (secondary N) is 1. The summed E-state index contributed by atoms with van der Waals surface area (Å²) in [6.07, 6.45) is -4.43. The highest BCUT2D eigenvalue weighted by atomic mass is 19.4. The van der Waals surface area contributed by atoms with Crippen molar-refractivity contribution in [2.75, 3.05) is 18.0 Å². The smallest absolute Gasteiger partial charge is 0.471 e. The average Bonchev–Trinajstić information content (AvgIpc) is 2.73. The third kappa shape index (κ3) is 4.16. The lowest BCUT2D eigenvalue weighted by Crippen LogP contribution is -2.77. The van der Waals surface area contributed by atoms with Crippen molar-refractivity contribution in [3.8, 4) is 5.69 Å². The number of carboxylic acid groups (broad SMARTS) is 1. The first kappa shape index (κ1) is 24.1. The van der Waals surface area contributed by atoms with Crippen LogP contribution in [0.5, 0.6) is 0 Å². The quantitative estimate of drug-likeness (QED) is 0.374. The van der Waals surface area contributed by atoms with Crippen molar-refractivity contribution < 1.29 is 41.0 Å². The Kier molecular flexibility index (Phi) is 5.51. The van der Waals surface area contributed by atoms with Crippen LogP contribution in [-0.4, -0.2) is 46.5 Å². The van der Waals surface area contributed by atoms with Gasteiger partial charge in [-0.25, -0.2) is 18.0 Å². The maximum Gasteiger partial charge on any atom is 0.471 e. The number of aromatic nitrogens is 1. The van der Waals surface area contributed by atoms with Crippen LogP contribution in [0.3, 0.4) is 0 Å². The Balaban J connectivity index is 1.85. The molecule has 2 aromatic carbocycles. The molecular formula is C21H14F6N4O4. The maximum absolute atomic E-state index is 15.7. The summed E-state index contributed by atoms with van der Waals surface area (Å²) in [5.41, 5.74) is 0.444. The van der Waals surface area contributed by atoms with E-state index in [-0.39, 0.29) is 5.69 Å². The van der Waals surface area contributed by atoms with Crippen LogP contribution in [0, 0.1) is 17.5 Å². The van der Waals surface area contributed by atoms with Crippen molar-refractivity contribution >= 4 is 28.5 Å². The largest absolute Gasteiger partial charge is 0.477 e. The van der Waals surface area contributed by atoms with Gasteiger partial charge in [0.2, 0.25) is 5.43 Å². The van der Waals surface area contributed by atoms with Gasteiger partial charge < -0.3 is 25.6 Å². The van der Waals surface area contributed by atoms with Crippen LogP contribution in [-0.2, 0) is 4.79 Å². The summed E-state index contributed by atoms with van der Waals surface area (Å²) >= 11 is 0. The van der Waals surface area contributed by atoms with Crippen LogP contribution in [0.1, 0.15) is 10.4 Å². The molecule has 3 aromatic rings. The SMILES string of the molecule is NC1(NC(=O)C(F)(F)F)CN(c2c(F)cc3c(=O)c(C(=O)O)cn(-c4ccc(F)cc4)c3c2F)C1. The number of carbonyl (C=O) groups is 2. The fourth-order valence-corrected chi connectivity index (χ4v) is 3.82. The summed E-state index contributed by atoms with van der Waals surface area (Å²) in [6.45, 7) is -1.22. The molecule has 1 aliphatic heterocycles. The Morgan fingerprint density at radius 2 is 1.69 bits per heavy atom. The number of carbonyl (C=O) groups excluding carboxylic acids is 1. The normalized spacial score (nSPS) is 15.1. The summed E-state index contributed by atoms with van der Waals surface area (Å²) in [6, 6.07) is 4.89. The topological polar surface area (TPSA) is 118 Å². The second-order valence-electron chi connectivity index (χ2n) is 7.90. The van der Waals surface area contributed by atoms with Gasteiger partial charge in [-0.1, -0.05) is 0 Å². The van der Waals surface area contributed by atoms with E-state index in [1.165, 1.54) is 0 Å². The van der Waals surface area contributed by atoms with Crippen molar-refractivity contribution in [1.29, 1.82) is 0 Å². The Morgan fingerprint density at radius 3 is 2.23 bits per heavy atom. The number of halogens is 6. The number of hydrogen-bond donors (Lipinski definition) is 3. The van der Waals surface area contributed by atoms with Gasteiger partial charge in [0.1, 0.15) is 28.5 Å². The fourth-order valence-electron chi connectivity index (χ4n) is 3.82. The van der Waals surface area contributed by atoms with E-state index in [4.69, 9.17) is 5.73 Å². The zero-order valence-corrected chi connectivity index (χ0v) is 17.3. The summed E-state index contributed by atoms with van der Waals surface area (Å²) < 4.78 is 82.5. The predicted molar refractivity (Wildman–Crippen MR) is 110 cm³/mol. The monoisotopic (exact) mass is 500 g/mol. The minimum absolute atomic E-state index is 0.0320. The number of pyridine rings is 1.